The van der Waals surface area contributed by atoms with Gasteiger partial charge in [0.1, 0.15) is 0 Å². The Balaban J connectivity index is 2.20. The molecule has 3 rings (SSSR count). The van der Waals surface area contributed by atoms with Gasteiger partial charge in [-0.05, 0) is 31.4 Å². The predicted molar refractivity (Wildman–Crippen MR) is 65.5 cm³/mol. The van der Waals surface area contributed by atoms with E-state index in [2.05, 4.69) is 5.10 Å². The zero-order valence-electron chi connectivity index (χ0n) is 10.2. The largest absolute Gasteiger partial charge is 0.478 e. The second kappa shape index (κ2) is 4.62. The van der Waals surface area contributed by atoms with E-state index >= 15 is 0 Å². The first-order valence-corrected chi connectivity index (χ1v) is 6.20. The summed E-state index contributed by atoms with van der Waals surface area (Å²) in [5.41, 5.74) is 0.336. The molecule has 0 radical (unpaired) electrons. The van der Waals surface area contributed by atoms with Crippen LogP contribution in [0.15, 0.2) is 18.2 Å². The number of nitrogens with zero attached hydrogens (tertiary/aromatic N) is 2. The van der Waals surface area contributed by atoms with Gasteiger partial charge in [0, 0.05) is 6.61 Å². The molecule has 0 saturated carbocycles. The quantitative estimate of drug-likeness (QED) is 0.905. The minimum atomic E-state index is -1.09. The van der Waals surface area contributed by atoms with E-state index < -0.39 is 11.9 Å². The molecule has 0 amide bonds. The Kier molecular flexibility index (Phi) is 2.94. The molecule has 0 aliphatic carbocycles. The van der Waals surface area contributed by atoms with Crippen LogP contribution in [-0.4, -0.2) is 27.5 Å². The number of ether oxygens (including phenoxy) is 1. The molecule has 1 N–H and O–H groups in total. The Bertz CT molecular complexity index is 632. The number of rotatable bonds is 2. The highest BCUT2D eigenvalue weighted by Gasteiger charge is 2.24. The molecule has 1 aliphatic rings. The predicted octanol–water partition coefficient (Wildman–Crippen LogP) is 2.57. The molecule has 100 valence electrons. The molecule has 1 aromatic carbocycles. The molecular weight excluding hydrogens is 251 g/mol. The molecule has 1 unspecified atom stereocenters. The van der Waals surface area contributed by atoms with Gasteiger partial charge in [0.15, 0.2) is 6.23 Å². The van der Waals surface area contributed by atoms with Crippen LogP contribution in [0.2, 0.25) is 0 Å². The Morgan fingerprint density at radius 2 is 2.32 bits per heavy atom. The van der Waals surface area contributed by atoms with Gasteiger partial charge in [0.25, 0.3) is 0 Å². The second-order valence-corrected chi connectivity index (χ2v) is 4.56. The highest BCUT2D eigenvalue weighted by molar-refractivity contribution is 6.02. The van der Waals surface area contributed by atoms with E-state index in [0.29, 0.717) is 18.5 Å². The summed E-state index contributed by atoms with van der Waals surface area (Å²) in [6.07, 6.45) is 2.25. The fraction of sp³-hybridized carbons (Fsp3) is 0.385. The SMILES string of the molecule is O=C(O)c1cccc2c(F)nn(C3CCCCO3)c12. The van der Waals surface area contributed by atoms with Crippen molar-refractivity contribution in [1.82, 2.24) is 9.78 Å². The Labute approximate surface area is 108 Å². The van der Waals surface area contributed by atoms with Crippen LogP contribution in [0.25, 0.3) is 10.9 Å². The van der Waals surface area contributed by atoms with Crippen molar-refractivity contribution in [2.45, 2.75) is 25.5 Å². The van der Waals surface area contributed by atoms with Gasteiger partial charge >= 0.3 is 5.97 Å². The lowest BCUT2D eigenvalue weighted by Crippen LogP contribution is -2.20. The number of aromatic nitrogens is 2. The summed E-state index contributed by atoms with van der Waals surface area (Å²) in [5, 5.41) is 13.2. The van der Waals surface area contributed by atoms with Crippen molar-refractivity contribution >= 4 is 16.9 Å². The highest BCUT2D eigenvalue weighted by atomic mass is 19.1. The van der Waals surface area contributed by atoms with E-state index in [9.17, 15) is 14.3 Å². The van der Waals surface area contributed by atoms with Gasteiger partial charge in [0.05, 0.1) is 16.5 Å². The van der Waals surface area contributed by atoms with Crippen molar-refractivity contribution in [3.05, 3.63) is 29.7 Å². The van der Waals surface area contributed by atoms with Crippen LogP contribution in [0.5, 0.6) is 0 Å². The Morgan fingerprint density at radius 1 is 1.47 bits per heavy atom. The molecule has 0 bridgehead atoms. The van der Waals surface area contributed by atoms with Gasteiger partial charge in [-0.15, -0.1) is 5.10 Å². The van der Waals surface area contributed by atoms with Gasteiger partial charge < -0.3 is 9.84 Å². The molecule has 0 spiro atoms. The van der Waals surface area contributed by atoms with Crippen molar-refractivity contribution in [1.29, 1.82) is 0 Å². The summed E-state index contributed by atoms with van der Waals surface area (Å²) in [4.78, 5) is 11.3. The summed E-state index contributed by atoms with van der Waals surface area (Å²) < 4.78 is 20.8. The molecule has 1 saturated heterocycles. The van der Waals surface area contributed by atoms with E-state index in [1.54, 1.807) is 0 Å². The van der Waals surface area contributed by atoms with E-state index in [1.807, 2.05) is 0 Å². The first kappa shape index (κ1) is 12.1. The molecule has 1 aromatic heterocycles. The van der Waals surface area contributed by atoms with Crippen molar-refractivity contribution in [3.8, 4) is 0 Å². The number of para-hydroxylation sites is 1. The van der Waals surface area contributed by atoms with E-state index in [0.717, 1.165) is 12.8 Å². The van der Waals surface area contributed by atoms with E-state index in [-0.39, 0.29) is 17.2 Å². The molecule has 1 aliphatic heterocycles. The first-order chi connectivity index (χ1) is 9.18. The monoisotopic (exact) mass is 264 g/mol. The van der Waals surface area contributed by atoms with Crippen LogP contribution in [0.3, 0.4) is 0 Å². The van der Waals surface area contributed by atoms with Gasteiger partial charge in [-0.3, -0.25) is 0 Å². The van der Waals surface area contributed by atoms with E-state index in [4.69, 9.17) is 4.74 Å². The number of aromatic carboxylic acids is 1. The average molecular weight is 264 g/mol. The first-order valence-electron chi connectivity index (χ1n) is 6.20. The molecule has 5 nitrogen and oxygen atoms in total. The van der Waals surface area contributed by atoms with Gasteiger partial charge in [-0.2, -0.15) is 4.39 Å². The van der Waals surface area contributed by atoms with Crippen LogP contribution in [0.1, 0.15) is 35.8 Å². The van der Waals surface area contributed by atoms with E-state index in [1.165, 1.54) is 22.9 Å². The van der Waals surface area contributed by atoms with Gasteiger partial charge in [-0.25, -0.2) is 9.48 Å². The second-order valence-electron chi connectivity index (χ2n) is 4.56. The van der Waals surface area contributed by atoms with Crippen LogP contribution in [0, 0.1) is 5.95 Å². The van der Waals surface area contributed by atoms with Crippen molar-refractivity contribution in [2.24, 2.45) is 0 Å². The van der Waals surface area contributed by atoms with Gasteiger partial charge in [-0.1, -0.05) is 6.07 Å². The Hall–Kier alpha value is -1.95. The third-order valence-electron chi connectivity index (χ3n) is 3.34. The maximum Gasteiger partial charge on any atom is 0.337 e. The van der Waals surface area contributed by atoms with Crippen LogP contribution in [0.4, 0.5) is 4.39 Å². The minimum absolute atomic E-state index is 0.0445. The smallest absolute Gasteiger partial charge is 0.337 e. The molecule has 19 heavy (non-hydrogen) atoms. The number of fused-ring (bicyclic) bond motifs is 1. The maximum absolute atomic E-state index is 13.8. The summed E-state index contributed by atoms with van der Waals surface area (Å²) in [5.74, 6) is -1.75. The molecule has 6 heteroatoms. The van der Waals surface area contributed by atoms with Crippen LogP contribution in [-0.2, 0) is 4.74 Å². The third kappa shape index (κ3) is 1.98. The summed E-state index contributed by atoms with van der Waals surface area (Å²) >= 11 is 0. The van der Waals surface area contributed by atoms with Crippen molar-refractivity contribution in [2.75, 3.05) is 6.61 Å². The molecule has 2 heterocycles. The molecule has 1 fully saturated rings. The zero-order chi connectivity index (χ0) is 13.4. The summed E-state index contributed by atoms with van der Waals surface area (Å²) in [7, 11) is 0. The number of hydrogen-bond donors (Lipinski definition) is 1. The number of carbonyl (C=O) groups is 1. The van der Waals surface area contributed by atoms with Crippen LogP contribution >= 0.6 is 0 Å². The summed E-state index contributed by atoms with van der Waals surface area (Å²) in [6.45, 7) is 0.586. The van der Waals surface area contributed by atoms with Gasteiger partial charge in [0.2, 0.25) is 5.95 Å². The topological polar surface area (TPSA) is 64.3 Å². The lowest BCUT2D eigenvalue weighted by Gasteiger charge is -2.23. The van der Waals surface area contributed by atoms with Crippen LogP contribution < -0.4 is 0 Å². The minimum Gasteiger partial charge on any atom is -0.478 e. The fourth-order valence-electron chi connectivity index (χ4n) is 2.45. The third-order valence-corrected chi connectivity index (χ3v) is 3.34. The number of hydrogen-bond acceptors (Lipinski definition) is 3. The standard InChI is InChI=1S/C13H13FN2O3/c14-12-8-4-3-5-9(13(17)18)11(8)16(15-12)10-6-1-2-7-19-10/h3-5,10H,1-2,6-7H2,(H,17,18). The molecule has 2 aromatic rings. The Morgan fingerprint density at radius 3 is 3.00 bits per heavy atom. The number of benzene rings is 1. The molecular formula is C13H13FN2O3. The maximum atomic E-state index is 13.8. The number of halogens is 1. The fourth-order valence-corrected chi connectivity index (χ4v) is 2.45. The highest BCUT2D eigenvalue weighted by Crippen LogP contribution is 2.29. The lowest BCUT2D eigenvalue weighted by molar-refractivity contribution is -0.0375. The lowest BCUT2D eigenvalue weighted by atomic mass is 10.1. The van der Waals surface area contributed by atoms with Crippen molar-refractivity contribution < 1.29 is 19.0 Å². The number of carboxylic acid groups (broad SMARTS) is 1. The average Bonchev–Trinajstić information content (AvgIpc) is 2.77. The summed E-state index contributed by atoms with van der Waals surface area (Å²) in [6, 6.07) is 4.50. The van der Waals surface area contributed by atoms with Crippen molar-refractivity contribution in [3.63, 3.8) is 0 Å². The molecule has 1 atom stereocenters. The normalized spacial score (nSPS) is 19.7. The number of carboxylic acids is 1. The zero-order valence-corrected chi connectivity index (χ0v) is 10.2.